The van der Waals surface area contributed by atoms with E-state index in [0.717, 1.165) is 38.6 Å². The highest BCUT2D eigenvalue weighted by atomic mass is 16.2. The van der Waals surface area contributed by atoms with Gasteiger partial charge in [0.2, 0.25) is 5.91 Å². The minimum atomic E-state index is 0.0541. The summed E-state index contributed by atoms with van der Waals surface area (Å²) in [7, 11) is 4.10. The zero-order valence-corrected chi connectivity index (χ0v) is 31.9. The van der Waals surface area contributed by atoms with Gasteiger partial charge >= 0.3 is 0 Å². The largest absolute Gasteiger partial charge is 0.309 e. The fraction of sp³-hybridized carbons (Fsp3) is 0.767. The van der Waals surface area contributed by atoms with Crippen LogP contribution >= 0.6 is 0 Å². The number of rotatable bonds is 35. The Morgan fingerprint density at radius 1 is 0.489 bits per heavy atom. The van der Waals surface area contributed by atoms with Gasteiger partial charge < -0.3 is 4.90 Å². The summed E-state index contributed by atoms with van der Waals surface area (Å²) in [5, 5.41) is 4.61. The van der Waals surface area contributed by atoms with Crippen molar-refractivity contribution in [1.29, 1.82) is 0 Å². The lowest BCUT2D eigenvalue weighted by atomic mass is 10.0. The highest BCUT2D eigenvalue weighted by Gasteiger charge is 2.05. The molecule has 0 saturated carbocycles. The molecular formula is C43H79N3O. The summed E-state index contributed by atoms with van der Waals surface area (Å²) in [6.07, 6.45) is 52.6. The van der Waals surface area contributed by atoms with Crippen molar-refractivity contribution in [2.45, 2.75) is 194 Å². The lowest BCUT2D eigenvalue weighted by Crippen LogP contribution is -2.21. The second kappa shape index (κ2) is 38.5. The molecule has 0 aromatic heterocycles. The predicted octanol–water partition coefficient (Wildman–Crippen LogP) is 13.2. The van der Waals surface area contributed by atoms with Crippen molar-refractivity contribution in [2.24, 2.45) is 5.10 Å². The van der Waals surface area contributed by atoms with Crippen molar-refractivity contribution in [3.8, 4) is 0 Å². The molecule has 0 saturated heterocycles. The van der Waals surface area contributed by atoms with Gasteiger partial charge in [-0.1, -0.05) is 140 Å². The molecule has 0 aliphatic carbocycles. The van der Waals surface area contributed by atoms with Crippen molar-refractivity contribution >= 4 is 11.6 Å². The van der Waals surface area contributed by atoms with Gasteiger partial charge in [0.25, 0.3) is 0 Å². The second-order valence-corrected chi connectivity index (χ2v) is 13.8. The molecule has 1 amide bonds. The molecular weight excluding hydrogens is 574 g/mol. The smallest absolute Gasteiger partial charge is 0.240 e. The first kappa shape index (κ1) is 45.1. The fourth-order valence-electron chi connectivity index (χ4n) is 5.62. The van der Waals surface area contributed by atoms with E-state index < -0.39 is 0 Å². The van der Waals surface area contributed by atoms with E-state index in [9.17, 15) is 4.79 Å². The summed E-state index contributed by atoms with van der Waals surface area (Å²) in [6.45, 7) is 5.46. The van der Waals surface area contributed by atoms with Crippen LogP contribution < -0.4 is 5.43 Å². The van der Waals surface area contributed by atoms with E-state index in [1.807, 2.05) is 14.1 Å². The molecule has 0 bridgehead atoms. The molecule has 0 rings (SSSR count). The van der Waals surface area contributed by atoms with E-state index in [2.05, 4.69) is 77.9 Å². The molecule has 0 spiro atoms. The molecule has 0 aromatic carbocycles. The number of amides is 1. The second-order valence-electron chi connectivity index (χ2n) is 13.8. The predicted molar refractivity (Wildman–Crippen MR) is 211 cm³/mol. The van der Waals surface area contributed by atoms with E-state index >= 15 is 0 Å². The van der Waals surface area contributed by atoms with Crippen LogP contribution in [-0.4, -0.2) is 37.2 Å². The number of carbonyl (C=O) groups excluding carboxylic acids is 1. The zero-order chi connectivity index (χ0) is 34.3. The molecule has 272 valence electrons. The van der Waals surface area contributed by atoms with Crippen LogP contribution in [0.25, 0.3) is 0 Å². The number of hydrazone groups is 1. The number of unbranched alkanes of at least 4 members (excludes halogenated alkanes) is 18. The molecule has 0 atom stereocenters. The third-order valence-electron chi connectivity index (χ3n) is 8.68. The maximum Gasteiger partial charge on any atom is 0.240 e. The van der Waals surface area contributed by atoms with Gasteiger partial charge in [-0.15, -0.1) is 0 Å². The first-order chi connectivity index (χ1) is 23.1. The first-order valence-electron chi connectivity index (χ1n) is 20.2. The lowest BCUT2D eigenvalue weighted by molar-refractivity contribution is -0.121. The van der Waals surface area contributed by atoms with Crippen LogP contribution in [-0.2, 0) is 4.79 Å². The number of carbonyl (C=O) groups is 1. The van der Waals surface area contributed by atoms with Crippen LogP contribution in [0.3, 0.4) is 0 Å². The minimum absolute atomic E-state index is 0.0541. The van der Waals surface area contributed by atoms with Crippen LogP contribution in [0.1, 0.15) is 194 Å². The van der Waals surface area contributed by atoms with Gasteiger partial charge in [-0.05, 0) is 117 Å². The Hall–Kier alpha value is -1.94. The molecule has 0 fully saturated rings. The van der Waals surface area contributed by atoms with Crippen LogP contribution in [0.15, 0.2) is 53.7 Å². The molecule has 0 radical (unpaired) electrons. The van der Waals surface area contributed by atoms with E-state index in [4.69, 9.17) is 0 Å². The summed E-state index contributed by atoms with van der Waals surface area (Å²) < 4.78 is 0. The van der Waals surface area contributed by atoms with Gasteiger partial charge in [0.05, 0.1) is 0 Å². The molecule has 0 heterocycles. The summed E-state index contributed by atoms with van der Waals surface area (Å²) >= 11 is 0. The average molecular weight is 654 g/mol. The maximum absolute atomic E-state index is 12.3. The van der Waals surface area contributed by atoms with Crippen molar-refractivity contribution < 1.29 is 4.79 Å². The SMILES string of the molecule is CCCCC/C=C\C/C=C\CCCCCCCCC(CCCCCCCC/C=C\C/C=C\CCCCC)=NNC(=O)CCCN(C)C. The van der Waals surface area contributed by atoms with E-state index in [1.165, 1.54) is 147 Å². The maximum atomic E-state index is 12.3. The molecule has 0 aliphatic heterocycles. The zero-order valence-electron chi connectivity index (χ0n) is 31.9. The number of nitrogens with zero attached hydrogens (tertiary/aromatic N) is 2. The Kier molecular flexibility index (Phi) is 36.9. The molecule has 1 N–H and O–H groups in total. The Morgan fingerprint density at radius 2 is 0.872 bits per heavy atom. The summed E-state index contributed by atoms with van der Waals surface area (Å²) in [4.78, 5) is 14.4. The Morgan fingerprint density at radius 3 is 1.28 bits per heavy atom. The van der Waals surface area contributed by atoms with Gasteiger partial charge in [0, 0.05) is 12.1 Å². The average Bonchev–Trinajstić information content (AvgIpc) is 3.06. The van der Waals surface area contributed by atoms with Crippen LogP contribution in [0.4, 0.5) is 0 Å². The number of allylic oxidation sites excluding steroid dienone is 8. The quantitative estimate of drug-likeness (QED) is 0.0320. The monoisotopic (exact) mass is 654 g/mol. The van der Waals surface area contributed by atoms with Crippen LogP contribution in [0, 0.1) is 0 Å². The summed E-state index contributed by atoms with van der Waals surface area (Å²) in [5.74, 6) is 0.0541. The lowest BCUT2D eigenvalue weighted by Gasteiger charge is -2.10. The molecule has 47 heavy (non-hydrogen) atoms. The third-order valence-corrected chi connectivity index (χ3v) is 8.68. The van der Waals surface area contributed by atoms with Crippen molar-refractivity contribution in [3.05, 3.63) is 48.6 Å². The Balaban J connectivity index is 4.11. The van der Waals surface area contributed by atoms with Crippen LogP contribution in [0.5, 0.6) is 0 Å². The van der Waals surface area contributed by atoms with Gasteiger partial charge in [0.15, 0.2) is 0 Å². The van der Waals surface area contributed by atoms with Gasteiger partial charge in [0.1, 0.15) is 0 Å². The van der Waals surface area contributed by atoms with Gasteiger partial charge in [-0.3, -0.25) is 4.79 Å². The summed E-state index contributed by atoms with van der Waals surface area (Å²) in [6, 6.07) is 0. The highest BCUT2D eigenvalue weighted by Crippen LogP contribution is 2.14. The molecule has 0 aliphatic rings. The Bertz CT molecular complexity index is 758. The third kappa shape index (κ3) is 38.4. The van der Waals surface area contributed by atoms with Crippen molar-refractivity contribution in [1.82, 2.24) is 10.3 Å². The van der Waals surface area contributed by atoms with Gasteiger partial charge in [-0.25, -0.2) is 5.43 Å². The highest BCUT2D eigenvalue weighted by molar-refractivity contribution is 5.86. The normalized spacial score (nSPS) is 12.1. The summed E-state index contributed by atoms with van der Waals surface area (Å²) in [5.41, 5.74) is 4.07. The standard InChI is InChI=1S/C43H79N3O/c1-5-7-9-11-13-15-17-19-21-23-25-27-29-31-33-35-38-42(44-45-43(47)40-37-41-46(3)4)39-36-34-32-30-28-26-24-22-20-18-16-14-12-10-8-6-2/h13-16,19-22H,5-12,17-18,23-41H2,1-4H3,(H,45,47)/b15-13-,16-14-,21-19-,22-20-. The number of nitrogens with one attached hydrogen (secondary N) is 1. The molecule has 4 heteroatoms. The van der Waals surface area contributed by atoms with Crippen LogP contribution in [0.2, 0.25) is 0 Å². The molecule has 0 unspecified atom stereocenters. The fourth-order valence-corrected chi connectivity index (χ4v) is 5.62. The minimum Gasteiger partial charge on any atom is -0.309 e. The topological polar surface area (TPSA) is 44.7 Å². The first-order valence-corrected chi connectivity index (χ1v) is 20.2. The van der Waals surface area contributed by atoms with E-state index in [0.29, 0.717) is 6.42 Å². The Labute approximate surface area is 294 Å². The van der Waals surface area contributed by atoms with Crippen molar-refractivity contribution in [3.63, 3.8) is 0 Å². The van der Waals surface area contributed by atoms with E-state index in [-0.39, 0.29) is 5.91 Å². The molecule has 0 aromatic rings. The number of hydrogen-bond acceptors (Lipinski definition) is 3. The molecule has 4 nitrogen and oxygen atoms in total. The van der Waals surface area contributed by atoms with Gasteiger partial charge in [-0.2, -0.15) is 5.10 Å². The van der Waals surface area contributed by atoms with Crippen molar-refractivity contribution in [2.75, 3.05) is 20.6 Å². The van der Waals surface area contributed by atoms with E-state index in [1.54, 1.807) is 0 Å². The number of hydrogen-bond donors (Lipinski definition) is 1.